The zero-order chi connectivity index (χ0) is 30.7. The minimum Gasteiger partial charge on any atom is -0.497 e. The number of aryl methyl sites for hydroxylation is 4. The first-order valence-electron chi connectivity index (χ1n) is 14.2. The fourth-order valence-electron chi connectivity index (χ4n) is 5.78. The molecule has 0 radical (unpaired) electrons. The number of nitrogen functional groups attached to an aromatic ring is 1. The number of methoxy groups -OCH3 is 2. The number of amides is 1. The van der Waals surface area contributed by atoms with E-state index in [1.54, 1.807) is 37.2 Å². The Morgan fingerprint density at radius 2 is 1.79 bits per heavy atom. The second kappa shape index (κ2) is 12.5. The van der Waals surface area contributed by atoms with Crippen molar-refractivity contribution in [1.29, 1.82) is 0 Å². The highest BCUT2D eigenvalue weighted by molar-refractivity contribution is 5.81. The van der Waals surface area contributed by atoms with Crippen LogP contribution >= 0.6 is 0 Å². The summed E-state index contributed by atoms with van der Waals surface area (Å²) in [5, 5.41) is 6.25. The highest BCUT2D eigenvalue weighted by atomic mass is 16.5. The molecule has 0 fully saturated rings. The summed E-state index contributed by atoms with van der Waals surface area (Å²) < 4.78 is 12.3. The lowest BCUT2D eigenvalue weighted by molar-refractivity contribution is -0.124. The monoisotopic (exact) mass is 583 g/mol. The second-order valence-corrected chi connectivity index (χ2v) is 10.8. The summed E-state index contributed by atoms with van der Waals surface area (Å²) in [6.45, 7) is 6.58. The third-order valence-corrected chi connectivity index (χ3v) is 8.01. The average Bonchev–Trinajstić information content (AvgIpc) is 3.44. The maximum atomic E-state index is 13.7. The number of fused-ring (bicyclic) bond motifs is 1. The summed E-state index contributed by atoms with van der Waals surface area (Å²) in [6.07, 6.45) is 4.47. The van der Waals surface area contributed by atoms with Crippen molar-refractivity contribution in [2.45, 2.75) is 52.1 Å². The molecular weight excluding hydrogens is 546 g/mol. The van der Waals surface area contributed by atoms with E-state index in [9.17, 15) is 9.59 Å². The summed E-state index contributed by atoms with van der Waals surface area (Å²) in [4.78, 5) is 40.4. The molecule has 5 rings (SSSR count). The van der Waals surface area contributed by atoms with Gasteiger partial charge in [-0.3, -0.25) is 19.1 Å². The molecule has 4 aromatic rings. The summed E-state index contributed by atoms with van der Waals surface area (Å²) in [7, 11) is 3.25. The van der Waals surface area contributed by atoms with E-state index in [1.807, 2.05) is 51.1 Å². The van der Waals surface area contributed by atoms with Gasteiger partial charge in [-0.15, -0.1) is 0 Å². The van der Waals surface area contributed by atoms with Crippen LogP contribution in [0, 0.1) is 20.8 Å². The van der Waals surface area contributed by atoms with Crippen LogP contribution in [0.15, 0.2) is 53.6 Å². The molecule has 0 spiro atoms. The van der Waals surface area contributed by atoms with E-state index in [0.29, 0.717) is 37.5 Å². The van der Waals surface area contributed by atoms with Crippen LogP contribution in [0.25, 0.3) is 0 Å². The van der Waals surface area contributed by atoms with Gasteiger partial charge in [-0.25, -0.2) is 9.97 Å². The molecule has 1 aliphatic rings. The lowest BCUT2D eigenvalue weighted by Crippen LogP contribution is -2.36. The van der Waals surface area contributed by atoms with Crippen LogP contribution in [0.1, 0.15) is 57.7 Å². The van der Waals surface area contributed by atoms with Crippen LogP contribution in [-0.4, -0.2) is 46.2 Å². The Morgan fingerprint density at radius 1 is 1.05 bits per heavy atom. The SMILES string of the molecule is COc1ccc([C@@H](CNc2ncc3n(c2=O)[C@H](C(=O)NCc2ccc(N)nc2C)CC3)c2c(C)cc(OC)cc2C)nc1. The summed E-state index contributed by atoms with van der Waals surface area (Å²) in [5.74, 6) is 1.62. The Kier molecular flexibility index (Phi) is 8.61. The van der Waals surface area contributed by atoms with E-state index >= 15 is 0 Å². The number of pyridine rings is 2. The highest BCUT2D eigenvalue weighted by Gasteiger charge is 2.31. The lowest BCUT2D eigenvalue weighted by Gasteiger charge is -2.23. The van der Waals surface area contributed by atoms with E-state index in [4.69, 9.17) is 15.2 Å². The molecule has 0 saturated heterocycles. The smallest absolute Gasteiger partial charge is 0.294 e. The molecule has 224 valence electrons. The first-order chi connectivity index (χ1) is 20.7. The van der Waals surface area contributed by atoms with E-state index in [1.165, 1.54) is 0 Å². The summed E-state index contributed by atoms with van der Waals surface area (Å²) >= 11 is 0. The maximum absolute atomic E-state index is 13.7. The number of nitrogens with one attached hydrogen (secondary N) is 2. The Balaban J connectivity index is 1.40. The second-order valence-electron chi connectivity index (χ2n) is 10.8. The van der Waals surface area contributed by atoms with Crippen molar-refractivity contribution in [2.24, 2.45) is 0 Å². The zero-order valence-corrected chi connectivity index (χ0v) is 25.1. The van der Waals surface area contributed by atoms with Crippen molar-refractivity contribution in [3.63, 3.8) is 0 Å². The molecular formula is C32H37N7O4. The van der Waals surface area contributed by atoms with Crippen molar-refractivity contribution >= 4 is 17.5 Å². The molecule has 0 saturated carbocycles. The van der Waals surface area contributed by atoms with Gasteiger partial charge in [0, 0.05) is 42.3 Å². The summed E-state index contributed by atoms with van der Waals surface area (Å²) in [6, 6.07) is 10.7. The van der Waals surface area contributed by atoms with Crippen LogP contribution < -0.4 is 31.4 Å². The number of benzene rings is 1. The lowest BCUT2D eigenvalue weighted by atomic mass is 9.87. The molecule has 1 aliphatic heterocycles. The Labute approximate surface area is 250 Å². The van der Waals surface area contributed by atoms with Gasteiger partial charge in [0.1, 0.15) is 23.4 Å². The number of anilines is 2. The van der Waals surface area contributed by atoms with E-state index in [-0.39, 0.29) is 23.2 Å². The number of nitrogens with zero attached hydrogens (tertiary/aromatic N) is 4. The number of carbonyl (C=O) groups is 1. The molecule has 4 heterocycles. The van der Waals surface area contributed by atoms with Crippen molar-refractivity contribution in [1.82, 2.24) is 24.8 Å². The minimum atomic E-state index is -0.627. The summed E-state index contributed by atoms with van der Waals surface area (Å²) in [5.41, 5.74) is 11.8. The number of aromatic nitrogens is 4. The van der Waals surface area contributed by atoms with Crippen LogP contribution in [-0.2, 0) is 17.8 Å². The van der Waals surface area contributed by atoms with Gasteiger partial charge in [0.2, 0.25) is 5.91 Å². The van der Waals surface area contributed by atoms with Crippen molar-refractivity contribution in [3.05, 3.63) is 98.5 Å². The number of ether oxygens (including phenoxy) is 2. The van der Waals surface area contributed by atoms with Gasteiger partial charge in [0.25, 0.3) is 5.56 Å². The fraction of sp³-hybridized carbons (Fsp3) is 0.344. The average molecular weight is 584 g/mol. The number of hydrogen-bond donors (Lipinski definition) is 3. The predicted molar refractivity (Wildman–Crippen MR) is 165 cm³/mol. The first kappa shape index (κ1) is 29.6. The van der Waals surface area contributed by atoms with Gasteiger partial charge in [-0.05, 0) is 86.2 Å². The van der Waals surface area contributed by atoms with Gasteiger partial charge < -0.3 is 25.8 Å². The molecule has 11 heteroatoms. The molecule has 1 aromatic carbocycles. The minimum absolute atomic E-state index is 0.185. The largest absolute Gasteiger partial charge is 0.497 e. The Morgan fingerprint density at radius 3 is 2.44 bits per heavy atom. The molecule has 43 heavy (non-hydrogen) atoms. The molecule has 4 N–H and O–H groups in total. The van der Waals surface area contributed by atoms with Gasteiger partial charge in [0.05, 0.1) is 20.4 Å². The number of nitrogens with two attached hydrogens (primary N) is 1. The van der Waals surface area contributed by atoms with Crippen molar-refractivity contribution in [3.8, 4) is 11.5 Å². The quantitative estimate of drug-likeness (QED) is 0.255. The molecule has 1 amide bonds. The molecule has 11 nitrogen and oxygen atoms in total. The van der Waals surface area contributed by atoms with Gasteiger partial charge in [-0.1, -0.05) is 6.07 Å². The Bertz CT molecular complexity index is 1680. The zero-order valence-electron chi connectivity index (χ0n) is 25.1. The molecule has 0 aliphatic carbocycles. The van der Waals surface area contributed by atoms with E-state index < -0.39 is 6.04 Å². The van der Waals surface area contributed by atoms with Crippen molar-refractivity contribution in [2.75, 3.05) is 31.8 Å². The fourth-order valence-corrected chi connectivity index (χ4v) is 5.78. The van der Waals surface area contributed by atoms with E-state index in [0.717, 1.165) is 45.1 Å². The number of hydrogen-bond acceptors (Lipinski definition) is 9. The van der Waals surface area contributed by atoms with Crippen LogP contribution in [0.2, 0.25) is 0 Å². The number of carbonyl (C=O) groups excluding carboxylic acids is 1. The third-order valence-electron chi connectivity index (χ3n) is 8.01. The van der Waals surface area contributed by atoms with Crippen LogP contribution in [0.3, 0.4) is 0 Å². The van der Waals surface area contributed by atoms with Gasteiger partial charge in [0.15, 0.2) is 5.82 Å². The van der Waals surface area contributed by atoms with Gasteiger partial charge >= 0.3 is 0 Å². The molecule has 3 aromatic heterocycles. The van der Waals surface area contributed by atoms with Crippen LogP contribution in [0.5, 0.6) is 11.5 Å². The molecule has 0 unspecified atom stereocenters. The molecule has 0 bridgehead atoms. The first-order valence-corrected chi connectivity index (χ1v) is 14.2. The van der Waals surface area contributed by atoms with Crippen LogP contribution in [0.4, 0.5) is 11.6 Å². The maximum Gasteiger partial charge on any atom is 0.294 e. The predicted octanol–water partition coefficient (Wildman–Crippen LogP) is 3.61. The van der Waals surface area contributed by atoms with Crippen molar-refractivity contribution < 1.29 is 14.3 Å². The third kappa shape index (κ3) is 6.15. The van der Waals surface area contributed by atoms with Gasteiger partial charge in [-0.2, -0.15) is 0 Å². The van der Waals surface area contributed by atoms with E-state index in [2.05, 4.69) is 25.6 Å². The normalized spacial score (nSPS) is 14.6. The molecule has 2 atom stereocenters. The Hall–Kier alpha value is -4.93. The topological polar surface area (TPSA) is 146 Å². The number of rotatable bonds is 10. The standard InChI is InChI=1S/C32H37N7O4/c1-18-12-24(43-5)13-19(2)29(18)25(26-9-8-23(42-4)16-34-26)17-36-30-32(41)39-22(15-35-30)7-10-27(39)31(40)37-14-21-6-11-28(33)38-20(21)3/h6,8-9,11-13,15-16,25,27H,7,10,14,17H2,1-5H3,(H2,33,38)(H,35,36)(H,37,40)/t25-,27+/m1/s1. The highest BCUT2D eigenvalue weighted by Crippen LogP contribution is 2.33.